The molecule has 0 spiro atoms. The fourth-order valence-electron chi connectivity index (χ4n) is 4.03. The van der Waals surface area contributed by atoms with Crippen molar-refractivity contribution in [1.82, 2.24) is 9.88 Å². The van der Waals surface area contributed by atoms with Gasteiger partial charge in [0, 0.05) is 37.1 Å². The summed E-state index contributed by atoms with van der Waals surface area (Å²) in [4.78, 5) is 21.9. The van der Waals surface area contributed by atoms with Crippen LogP contribution in [0.2, 0.25) is 5.15 Å². The van der Waals surface area contributed by atoms with Gasteiger partial charge in [-0.05, 0) is 28.3 Å². The fourth-order valence-corrected chi connectivity index (χ4v) is 4.28. The molecule has 1 fully saturated rings. The fraction of sp³-hybridized carbons (Fsp3) is 0.167. The topological polar surface area (TPSA) is 36.4 Å². The number of nitrogens with zero attached hydrogens (tertiary/aromatic N) is 3. The van der Waals surface area contributed by atoms with Crippen molar-refractivity contribution in [2.75, 3.05) is 31.1 Å². The number of hydrogen-bond donors (Lipinski definition) is 0. The van der Waals surface area contributed by atoms with Crippen molar-refractivity contribution in [2.24, 2.45) is 0 Å². The Morgan fingerprint density at radius 2 is 1.45 bits per heavy atom. The maximum Gasteiger partial charge on any atom is 0.254 e. The Bertz CT molecular complexity index is 1210. The molecule has 0 radical (unpaired) electrons. The number of carbonyl (C=O) groups is 1. The number of halogens is 1. The second-order valence-electron chi connectivity index (χ2n) is 7.30. The number of pyridine rings is 1. The zero-order chi connectivity index (χ0) is 19.8. The Balaban J connectivity index is 1.36. The molecule has 0 aliphatic carbocycles. The normalized spacial score (nSPS) is 14.5. The molecular formula is C24H20ClN3O. The largest absolute Gasteiger partial charge is 0.353 e. The molecule has 144 valence electrons. The molecule has 1 aliphatic rings. The summed E-state index contributed by atoms with van der Waals surface area (Å²) in [6.07, 6.45) is 0. The van der Waals surface area contributed by atoms with Crippen molar-refractivity contribution in [3.63, 3.8) is 0 Å². The van der Waals surface area contributed by atoms with Crippen molar-refractivity contribution >= 4 is 44.9 Å². The minimum absolute atomic E-state index is 0.0888. The third-order valence-electron chi connectivity index (χ3n) is 5.59. The van der Waals surface area contributed by atoms with E-state index < -0.39 is 0 Å². The van der Waals surface area contributed by atoms with Crippen molar-refractivity contribution in [2.45, 2.75) is 0 Å². The Labute approximate surface area is 174 Å². The Hall–Kier alpha value is -3.11. The van der Waals surface area contributed by atoms with E-state index in [1.807, 2.05) is 71.6 Å². The smallest absolute Gasteiger partial charge is 0.254 e. The maximum absolute atomic E-state index is 13.2. The van der Waals surface area contributed by atoms with Gasteiger partial charge in [-0.3, -0.25) is 4.79 Å². The number of piperazine rings is 1. The van der Waals surface area contributed by atoms with Gasteiger partial charge in [0.25, 0.3) is 5.91 Å². The lowest BCUT2D eigenvalue weighted by atomic mass is 10.0. The highest BCUT2D eigenvalue weighted by atomic mass is 35.5. The van der Waals surface area contributed by atoms with E-state index in [9.17, 15) is 4.79 Å². The molecule has 4 nitrogen and oxygen atoms in total. The van der Waals surface area contributed by atoms with Gasteiger partial charge in [-0.15, -0.1) is 0 Å². The van der Waals surface area contributed by atoms with Crippen LogP contribution >= 0.6 is 11.6 Å². The molecule has 5 rings (SSSR count). The van der Waals surface area contributed by atoms with E-state index in [4.69, 9.17) is 11.6 Å². The predicted octanol–water partition coefficient (Wildman–Crippen LogP) is 5.00. The highest BCUT2D eigenvalue weighted by molar-refractivity contribution is 6.34. The minimum atomic E-state index is 0.0888. The third-order valence-corrected chi connectivity index (χ3v) is 5.88. The summed E-state index contributed by atoms with van der Waals surface area (Å²) in [5, 5.41) is 4.66. The SMILES string of the molecule is O=C(c1cccc2ccccc12)N1CCN(c2cc3ccccc3c(Cl)n2)CC1. The van der Waals surface area contributed by atoms with E-state index in [-0.39, 0.29) is 5.91 Å². The van der Waals surface area contributed by atoms with Crippen LogP contribution in [0.5, 0.6) is 0 Å². The zero-order valence-corrected chi connectivity index (χ0v) is 16.6. The van der Waals surface area contributed by atoms with E-state index in [2.05, 4.69) is 16.0 Å². The van der Waals surface area contributed by atoms with E-state index >= 15 is 0 Å². The zero-order valence-electron chi connectivity index (χ0n) is 15.9. The van der Waals surface area contributed by atoms with Crippen molar-refractivity contribution in [3.8, 4) is 0 Å². The van der Waals surface area contributed by atoms with Gasteiger partial charge < -0.3 is 9.80 Å². The lowest BCUT2D eigenvalue weighted by molar-refractivity contribution is 0.0748. The van der Waals surface area contributed by atoms with Crippen molar-refractivity contribution in [3.05, 3.63) is 83.5 Å². The molecule has 0 N–H and O–H groups in total. The first-order valence-electron chi connectivity index (χ1n) is 9.78. The summed E-state index contributed by atoms with van der Waals surface area (Å²) >= 11 is 6.39. The van der Waals surface area contributed by atoms with Crippen LogP contribution in [-0.4, -0.2) is 42.0 Å². The summed E-state index contributed by atoms with van der Waals surface area (Å²) < 4.78 is 0. The molecule has 1 aromatic heterocycles. The number of rotatable bonds is 2. The quantitative estimate of drug-likeness (QED) is 0.443. The second-order valence-corrected chi connectivity index (χ2v) is 7.66. The van der Waals surface area contributed by atoms with E-state index in [0.717, 1.165) is 46.0 Å². The van der Waals surface area contributed by atoms with Crippen molar-refractivity contribution < 1.29 is 4.79 Å². The van der Waals surface area contributed by atoms with Crippen LogP contribution in [0, 0.1) is 0 Å². The van der Waals surface area contributed by atoms with Gasteiger partial charge in [-0.25, -0.2) is 4.98 Å². The number of benzene rings is 3. The van der Waals surface area contributed by atoms with Crippen LogP contribution in [-0.2, 0) is 0 Å². The number of carbonyl (C=O) groups excluding carboxylic acids is 1. The number of aromatic nitrogens is 1. The van der Waals surface area contributed by atoms with Gasteiger partial charge in [0.2, 0.25) is 0 Å². The molecule has 1 aliphatic heterocycles. The Morgan fingerprint density at radius 1 is 0.793 bits per heavy atom. The summed E-state index contributed by atoms with van der Waals surface area (Å²) in [6, 6.07) is 24.0. The molecule has 0 saturated carbocycles. The van der Waals surface area contributed by atoms with Crippen LogP contribution in [0.1, 0.15) is 10.4 Å². The molecule has 0 bridgehead atoms. The average molecular weight is 402 g/mol. The molecule has 2 heterocycles. The van der Waals surface area contributed by atoms with Crippen LogP contribution < -0.4 is 4.90 Å². The molecule has 1 saturated heterocycles. The first kappa shape index (κ1) is 18.0. The highest BCUT2D eigenvalue weighted by Gasteiger charge is 2.24. The summed E-state index contributed by atoms with van der Waals surface area (Å²) in [7, 11) is 0. The van der Waals surface area contributed by atoms with Gasteiger partial charge >= 0.3 is 0 Å². The first-order chi connectivity index (χ1) is 14.2. The van der Waals surface area contributed by atoms with Gasteiger partial charge in [-0.2, -0.15) is 0 Å². The average Bonchev–Trinajstić information content (AvgIpc) is 2.78. The molecule has 29 heavy (non-hydrogen) atoms. The van der Waals surface area contributed by atoms with E-state index in [0.29, 0.717) is 18.2 Å². The Kier molecular flexibility index (Phi) is 4.57. The first-order valence-corrected chi connectivity index (χ1v) is 10.2. The molecule has 4 aromatic rings. The summed E-state index contributed by atoms with van der Waals surface area (Å²) in [5.74, 6) is 0.955. The number of fused-ring (bicyclic) bond motifs is 2. The molecular weight excluding hydrogens is 382 g/mol. The van der Waals surface area contributed by atoms with Crippen LogP contribution in [0.15, 0.2) is 72.8 Å². The van der Waals surface area contributed by atoms with Crippen molar-refractivity contribution in [1.29, 1.82) is 0 Å². The van der Waals surface area contributed by atoms with Gasteiger partial charge in [-0.1, -0.05) is 72.3 Å². The Morgan fingerprint density at radius 3 is 2.24 bits per heavy atom. The lowest BCUT2D eigenvalue weighted by Crippen LogP contribution is -2.49. The highest BCUT2D eigenvalue weighted by Crippen LogP contribution is 2.27. The summed E-state index contributed by atoms with van der Waals surface area (Å²) in [6.45, 7) is 2.79. The molecule has 3 aromatic carbocycles. The number of amides is 1. The van der Waals surface area contributed by atoms with Gasteiger partial charge in [0.1, 0.15) is 11.0 Å². The van der Waals surface area contributed by atoms with E-state index in [1.165, 1.54) is 0 Å². The monoisotopic (exact) mass is 401 g/mol. The molecule has 0 unspecified atom stereocenters. The minimum Gasteiger partial charge on any atom is -0.353 e. The maximum atomic E-state index is 13.2. The predicted molar refractivity (Wildman–Crippen MR) is 119 cm³/mol. The number of hydrogen-bond acceptors (Lipinski definition) is 3. The third kappa shape index (κ3) is 3.30. The van der Waals surface area contributed by atoms with E-state index in [1.54, 1.807) is 0 Å². The van der Waals surface area contributed by atoms with Crippen LogP contribution in [0.4, 0.5) is 5.82 Å². The lowest BCUT2D eigenvalue weighted by Gasteiger charge is -2.35. The standard InChI is InChI=1S/C24H20ClN3O/c25-23-20-10-4-2-7-18(20)16-22(26-23)27-12-14-28(15-13-27)24(29)21-11-5-8-17-6-1-3-9-19(17)21/h1-11,16H,12-15H2. The molecule has 1 amide bonds. The van der Waals surface area contributed by atoms with Gasteiger partial charge in [0.15, 0.2) is 0 Å². The van der Waals surface area contributed by atoms with Crippen LogP contribution in [0.3, 0.4) is 0 Å². The number of anilines is 1. The molecule has 5 heteroatoms. The van der Waals surface area contributed by atoms with Crippen LogP contribution in [0.25, 0.3) is 21.5 Å². The molecule has 0 atom stereocenters. The second kappa shape index (κ2) is 7.37. The summed E-state index contributed by atoms with van der Waals surface area (Å²) in [5.41, 5.74) is 0.767. The van der Waals surface area contributed by atoms with Gasteiger partial charge in [0.05, 0.1) is 0 Å².